The largest absolute Gasteiger partial charge is 0.381 e. The zero-order valence-electron chi connectivity index (χ0n) is 7.57. The Labute approximate surface area is 93.9 Å². The SMILES string of the molecule is Cc1ncc(Cn2cc(Br)c(N)n2)s1. The highest BCUT2D eigenvalue weighted by Gasteiger charge is 2.04. The standard InChI is InChI=1S/C8H9BrN4S/c1-5-11-2-6(14-5)3-13-4-7(9)8(10)12-13/h2,4H,3H2,1H3,(H2,10,12). The highest BCUT2D eigenvalue weighted by atomic mass is 79.9. The predicted octanol–water partition coefficient (Wildman–Crippen LogP) is 2.04. The molecule has 2 aromatic rings. The smallest absolute Gasteiger partial charge is 0.159 e. The first-order chi connectivity index (χ1) is 6.65. The molecule has 0 fully saturated rings. The van der Waals surface area contributed by atoms with Crippen molar-refractivity contribution in [1.82, 2.24) is 14.8 Å². The monoisotopic (exact) mass is 272 g/mol. The molecule has 0 radical (unpaired) electrons. The van der Waals surface area contributed by atoms with Crippen molar-refractivity contribution in [2.75, 3.05) is 5.73 Å². The molecule has 0 atom stereocenters. The molecular formula is C8H9BrN4S. The van der Waals surface area contributed by atoms with Crippen LogP contribution in [0.4, 0.5) is 5.82 Å². The topological polar surface area (TPSA) is 56.7 Å². The highest BCUT2D eigenvalue weighted by Crippen LogP contribution is 2.18. The van der Waals surface area contributed by atoms with Gasteiger partial charge in [0, 0.05) is 17.3 Å². The van der Waals surface area contributed by atoms with Crippen LogP contribution in [0.2, 0.25) is 0 Å². The molecule has 0 saturated heterocycles. The number of anilines is 1. The van der Waals surface area contributed by atoms with Crippen LogP contribution in [0.1, 0.15) is 9.88 Å². The number of hydrogen-bond acceptors (Lipinski definition) is 4. The minimum absolute atomic E-state index is 0.520. The molecule has 2 aromatic heterocycles. The fraction of sp³-hybridized carbons (Fsp3) is 0.250. The number of nitrogens with zero attached hydrogens (tertiary/aromatic N) is 3. The fourth-order valence-electron chi connectivity index (χ4n) is 1.13. The van der Waals surface area contributed by atoms with Gasteiger partial charge in [0.1, 0.15) is 0 Å². The van der Waals surface area contributed by atoms with E-state index in [1.165, 1.54) is 4.88 Å². The average molecular weight is 273 g/mol. The molecule has 0 amide bonds. The quantitative estimate of drug-likeness (QED) is 0.911. The van der Waals surface area contributed by atoms with Crippen LogP contribution in [-0.2, 0) is 6.54 Å². The van der Waals surface area contributed by atoms with Crippen molar-refractivity contribution in [2.24, 2.45) is 0 Å². The summed E-state index contributed by atoms with van der Waals surface area (Å²) in [4.78, 5) is 5.35. The van der Waals surface area contributed by atoms with Crippen LogP contribution in [0.3, 0.4) is 0 Å². The first-order valence-electron chi connectivity index (χ1n) is 4.05. The van der Waals surface area contributed by atoms with E-state index >= 15 is 0 Å². The molecule has 0 saturated carbocycles. The highest BCUT2D eigenvalue weighted by molar-refractivity contribution is 9.10. The second-order valence-electron chi connectivity index (χ2n) is 2.91. The second-order valence-corrected chi connectivity index (χ2v) is 5.08. The van der Waals surface area contributed by atoms with Gasteiger partial charge in [0.2, 0.25) is 0 Å². The van der Waals surface area contributed by atoms with Crippen molar-refractivity contribution < 1.29 is 0 Å². The van der Waals surface area contributed by atoms with Gasteiger partial charge in [-0.1, -0.05) is 0 Å². The zero-order chi connectivity index (χ0) is 10.1. The minimum Gasteiger partial charge on any atom is -0.381 e. The van der Waals surface area contributed by atoms with Gasteiger partial charge in [0.05, 0.1) is 16.0 Å². The Kier molecular flexibility index (Phi) is 2.56. The molecule has 0 aliphatic carbocycles. The van der Waals surface area contributed by atoms with Gasteiger partial charge >= 0.3 is 0 Å². The molecule has 0 aromatic carbocycles. The van der Waals surface area contributed by atoms with Crippen molar-refractivity contribution in [1.29, 1.82) is 0 Å². The summed E-state index contributed by atoms with van der Waals surface area (Å²) < 4.78 is 2.63. The lowest BCUT2D eigenvalue weighted by Gasteiger charge is -1.95. The lowest BCUT2D eigenvalue weighted by atomic mass is 10.5. The van der Waals surface area contributed by atoms with Crippen molar-refractivity contribution in [2.45, 2.75) is 13.5 Å². The van der Waals surface area contributed by atoms with Crippen molar-refractivity contribution >= 4 is 33.1 Å². The molecule has 2 rings (SSSR count). The van der Waals surface area contributed by atoms with E-state index in [1.807, 2.05) is 19.3 Å². The number of hydrogen-bond donors (Lipinski definition) is 1. The third-order valence-corrected chi connectivity index (χ3v) is 3.24. The maximum atomic E-state index is 5.61. The fourth-order valence-corrected chi connectivity index (χ4v) is 2.23. The van der Waals surface area contributed by atoms with E-state index in [0.29, 0.717) is 5.82 Å². The Morgan fingerprint density at radius 3 is 2.93 bits per heavy atom. The third-order valence-electron chi connectivity index (χ3n) is 1.73. The number of halogens is 1. The van der Waals surface area contributed by atoms with E-state index in [2.05, 4.69) is 26.0 Å². The summed E-state index contributed by atoms with van der Waals surface area (Å²) in [5.41, 5.74) is 5.61. The summed E-state index contributed by atoms with van der Waals surface area (Å²) in [7, 11) is 0. The van der Waals surface area contributed by atoms with Gasteiger partial charge in [0.15, 0.2) is 5.82 Å². The van der Waals surface area contributed by atoms with Crippen LogP contribution in [0.25, 0.3) is 0 Å². The number of thiazole rings is 1. The molecule has 0 spiro atoms. The Bertz CT molecular complexity index is 428. The Morgan fingerprint density at radius 2 is 2.43 bits per heavy atom. The normalized spacial score (nSPS) is 10.7. The first-order valence-corrected chi connectivity index (χ1v) is 5.66. The molecule has 0 unspecified atom stereocenters. The predicted molar refractivity (Wildman–Crippen MR) is 60.3 cm³/mol. The summed E-state index contributed by atoms with van der Waals surface area (Å²) in [5, 5.41) is 5.21. The van der Waals surface area contributed by atoms with Gasteiger partial charge in [-0.05, 0) is 22.9 Å². The first kappa shape index (κ1) is 9.67. The summed E-state index contributed by atoms with van der Waals surface area (Å²) in [6.07, 6.45) is 3.73. The number of nitrogens with two attached hydrogens (primary N) is 1. The number of rotatable bonds is 2. The molecule has 0 aliphatic rings. The van der Waals surface area contributed by atoms with Crippen LogP contribution >= 0.6 is 27.3 Å². The van der Waals surface area contributed by atoms with E-state index in [1.54, 1.807) is 16.0 Å². The van der Waals surface area contributed by atoms with Gasteiger partial charge < -0.3 is 5.73 Å². The van der Waals surface area contributed by atoms with Crippen molar-refractivity contribution in [3.63, 3.8) is 0 Å². The van der Waals surface area contributed by atoms with E-state index < -0.39 is 0 Å². The molecule has 0 aliphatic heterocycles. The molecule has 14 heavy (non-hydrogen) atoms. The summed E-state index contributed by atoms with van der Waals surface area (Å²) >= 11 is 4.98. The molecule has 2 N–H and O–H groups in total. The van der Waals surface area contributed by atoms with Crippen LogP contribution in [-0.4, -0.2) is 14.8 Å². The molecular weight excluding hydrogens is 264 g/mol. The average Bonchev–Trinajstić information content (AvgIpc) is 2.62. The van der Waals surface area contributed by atoms with Crippen LogP contribution in [0, 0.1) is 6.92 Å². The van der Waals surface area contributed by atoms with Gasteiger partial charge in [-0.2, -0.15) is 5.10 Å². The van der Waals surface area contributed by atoms with E-state index in [9.17, 15) is 0 Å². The molecule has 74 valence electrons. The van der Waals surface area contributed by atoms with Crippen LogP contribution in [0.15, 0.2) is 16.9 Å². The Morgan fingerprint density at radius 1 is 1.64 bits per heavy atom. The number of aryl methyl sites for hydroxylation is 1. The lowest BCUT2D eigenvalue weighted by Crippen LogP contribution is -1.99. The van der Waals surface area contributed by atoms with E-state index in [0.717, 1.165) is 16.0 Å². The maximum Gasteiger partial charge on any atom is 0.159 e. The number of nitrogen functional groups attached to an aromatic ring is 1. The number of aromatic nitrogens is 3. The van der Waals surface area contributed by atoms with Gasteiger partial charge in [-0.15, -0.1) is 11.3 Å². The maximum absolute atomic E-state index is 5.61. The minimum atomic E-state index is 0.520. The third kappa shape index (κ3) is 1.96. The summed E-state index contributed by atoms with van der Waals surface area (Å²) in [5.74, 6) is 0.520. The Balaban J connectivity index is 2.18. The molecule has 2 heterocycles. The van der Waals surface area contributed by atoms with Crippen molar-refractivity contribution in [3.05, 3.63) is 26.8 Å². The lowest BCUT2D eigenvalue weighted by molar-refractivity contribution is 0.697. The van der Waals surface area contributed by atoms with Gasteiger partial charge in [0.25, 0.3) is 0 Å². The van der Waals surface area contributed by atoms with Crippen LogP contribution in [0.5, 0.6) is 0 Å². The molecule has 6 heteroatoms. The van der Waals surface area contributed by atoms with E-state index in [4.69, 9.17) is 5.73 Å². The molecule has 4 nitrogen and oxygen atoms in total. The van der Waals surface area contributed by atoms with Gasteiger partial charge in [-0.3, -0.25) is 4.68 Å². The van der Waals surface area contributed by atoms with Gasteiger partial charge in [-0.25, -0.2) is 4.98 Å². The van der Waals surface area contributed by atoms with E-state index in [-0.39, 0.29) is 0 Å². The molecule has 0 bridgehead atoms. The van der Waals surface area contributed by atoms with Crippen molar-refractivity contribution in [3.8, 4) is 0 Å². The zero-order valence-corrected chi connectivity index (χ0v) is 9.97. The van der Waals surface area contributed by atoms with Crippen LogP contribution < -0.4 is 5.73 Å². The second kappa shape index (κ2) is 3.70. The summed E-state index contributed by atoms with van der Waals surface area (Å²) in [6, 6.07) is 0. The summed E-state index contributed by atoms with van der Waals surface area (Å²) in [6.45, 7) is 2.71. The Hall–Kier alpha value is -0.880.